The van der Waals surface area contributed by atoms with Crippen LogP contribution in [-0.4, -0.2) is 23.9 Å². The minimum absolute atomic E-state index is 0.326. The fourth-order valence-corrected chi connectivity index (χ4v) is 0.868. The molecule has 8 heavy (non-hydrogen) atoms. The van der Waals surface area contributed by atoms with Crippen LogP contribution in [0.25, 0.3) is 0 Å². The van der Waals surface area contributed by atoms with Gasteiger partial charge in [-0.1, -0.05) is 6.92 Å². The van der Waals surface area contributed by atoms with Crippen molar-refractivity contribution in [1.29, 1.82) is 0 Å². The minimum atomic E-state index is 0.326. The number of hydrogen-bond acceptors (Lipinski definition) is 1. The Hall–Kier alpha value is -0.530. The summed E-state index contributed by atoms with van der Waals surface area (Å²) in [5.74, 6) is 0.326. The zero-order valence-corrected chi connectivity index (χ0v) is 5.18. The molecule has 2 nitrogen and oxygen atoms in total. The SMILES string of the molecule is CCCN1CCC1=O. The number of β-lactam (4-membered cyclic amide) rings is 1. The molecule has 0 unspecified atom stereocenters. The van der Waals surface area contributed by atoms with E-state index in [4.69, 9.17) is 0 Å². The summed E-state index contributed by atoms with van der Waals surface area (Å²) in [6, 6.07) is 0. The van der Waals surface area contributed by atoms with E-state index in [0.717, 1.165) is 25.9 Å². The number of amides is 1. The van der Waals surface area contributed by atoms with Gasteiger partial charge in [-0.05, 0) is 6.42 Å². The average Bonchev–Trinajstić information content (AvgIpc) is 1.79. The van der Waals surface area contributed by atoms with Crippen molar-refractivity contribution in [2.75, 3.05) is 13.1 Å². The van der Waals surface area contributed by atoms with E-state index >= 15 is 0 Å². The second kappa shape index (κ2) is 2.16. The third kappa shape index (κ3) is 0.831. The van der Waals surface area contributed by atoms with Crippen LogP contribution < -0.4 is 0 Å². The molecule has 0 bridgehead atoms. The van der Waals surface area contributed by atoms with E-state index in [2.05, 4.69) is 6.92 Å². The monoisotopic (exact) mass is 113 g/mol. The molecule has 0 aromatic heterocycles. The molecule has 0 atom stereocenters. The molecule has 1 heterocycles. The molecule has 46 valence electrons. The molecule has 0 aromatic rings. The topological polar surface area (TPSA) is 20.3 Å². The summed E-state index contributed by atoms with van der Waals surface area (Å²) in [6.07, 6.45) is 1.87. The Labute approximate surface area is 49.5 Å². The van der Waals surface area contributed by atoms with Crippen molar-refractivity contribution in [2.24, 2.45) is 0 Å². The summed E-state index contributed by atoms with van der Waals surface area (Å²) < 4.78 is 0. The predicted octanol–water partition coefficient (Wildman–Crippen LogP) is 0.629. The van der Waals surface area contributed by atoms with Crippen LogP contribution in [0.5, 0.6) is 0 Å². The zero-order valence-electron chi connectivity index (χ0n) is 5.18. The Morgan fingerprint density at radius 3 is 2.62 bits per heavy atom. The first kappa shape index (κ1) is 5.60. The molecule has 0 spiro atoms. The van der Waals surface area contributed by atoms with Crippen molar-refractivity contribution >= 4 is 5.91 Å². The van der Waals surface area contributed by atoms with Gasteiger partial charge in [-0.3, -0.25) is 4.79 Å². The second-order valence-electron chi connectivity index (χ2n) is 2.13. The number of likely N-dealkylation sites (tertiary alicyclic amines) is 1. The van der Waals surface area contributed by atoms with Gasteiger partial charge in [0.1, 0.15) is 0 Å². The summed E-state index contributed by atoms with van der Waals surface area (Å²) >= 11 is 0. The summed E-state index contributed by atoms with van der Waals surface area (Å²) in [6.45, 7) is 4.04. The predicted molar refractivity (Wildman–Crippen MR) is 31.5 cm³/mol. The van der Waals surface area contributed by atoms with Crippen molar-refractivity contribution in [1.82, 2.24) is 4.90 Å². The number of rotatable bonds is 2. The maximum absolute atomic E-state index is 10.5. The van der Waals surface area contributed by atoms with Gasteiger partial charge in [0.05, 0.1) is 0 Å². The van der Waals surface area contributed by atoms with Crippen LogP contribution >= 0.6 is 0 Å². The number of nitrogens with zero attached hydrogens (tertiary/aromatic N) is 1. The molecule has 0 N–H and O–H groups in total. The molecule has 1 rings (SSSR count). The van der Waals surface area contributed by atoms with Gasteiger partial charge in [0.15, 0.2) is 0 Å². The molecule has 0 aliphatic carbocycles. The Kier molecular flexibility index (Phi) is 1.51. The van der Waals surface area contributed by atoms with E-state index in [1.807, 2.05) is 4.90 Å². The van der Waals surface area contributed by atoms with Crippen molar-refractivity contribution < 1.29 is 4.79 Å². The molecule has 2 heteroatoms. The van der Waals surface area contributed by atoms with Gasteiger partial charge in [-0.15, -0.1) is 0 Å². The number of carbonyl (C=O) groups excluding carboxylic acids is 1. The molecule has 1 fully saturated rings. The van der Waals surface area contributed by atoms with Gasteiger partial charge < -0.3 is 4.90 Å². The number of hydrogen-bond donors (Lipinski definition) is 0. The molecule has 1 aliphatic heterocycles. The van der Waals surface area contributed by atoms with E-state index in [1.165, 1.54) is 0 Å². The lowest BCUT2D eigenvalue weighted by atomic mass is 10.2. The molecule has 1 aliphatic rings. The van der Waals surface area contributed by atoms with E-state index < -0.39 is 0 Å². The quantitative estimate of drug-likeness (QED) is 0.481. The smallest absolute Gasteiger partial charge is 0.224 e. The first-order valence-corrected chi connectivity index (χ1v) is 3.12. The van der Waals surface area contributed by atoms with Gasteiger partial charge in [0.25, 0.3) is 0 Å². The molecule has 0 saturated carbocycles. The third-order valence-corrected chi connectivity index (χ3v) is 1.44. The van der Waals surface area contributed by atoms with Crippen LogP contribution in [0.1, 0.15) is 19.8 Å². The highest BCUT2D eigenvalue weighted by Crippen LogP contribution is 2.07. The summed E-state index contributed by atoms with van der Waals surface area (Å²) in [5.41, 5.74) is 0. The molecular formula is C6H11NO. The molecule has 0 radical (unpaired) electrons. The van der Waals surface area contributed by atoms with Gasteiger partial charge >= 0.3 is 0 Å². The van der Waals surface area contributed by atoms with Crippen molar-refractivity contribution in [3.05, 3.63) is 0 Å². The summed E-state index contributed by atoms with van der Waals surface area (Å²) in [7, 11) is 0. The molecule has 1 amide bonds. The fourth-order valence-electron chi connectivity index (χ4n) is 0.868. The average molecular weight is 113 g/mol. The lowest BCUT2D eigenvalue weighted by Crippen LogP contribution is -2.43. The van der Waals surface area contributed by atoms with Crippen LogP contribution in [0.2, 0.25) is 0 Å². The van der Waals surface area contributed by atoms with E-state index in [1.54, 1.807) is 0 Å². The second-order valence-corrected chi connectivity index (χ2v) is 2.13. The third-order valence-electron chi connectivity index (χ3n) is 1.44. The highest BCUT2D eigenvalue weighted by molar-refractivity contribution is 5.81. The molecule has 0 aromatic carbocycles. The highest BCUT2D eigenvalue weighted by atomic mass is 16.2. The highest BCUT2D eigenvalue weighted by Gasteiger charge is 2.21. The Bertz CT molecular complexity index is 101. The van der Waals surface area contributed by atoms with Gasteiger partial charge in [-0.2, -0.15) is 0 Å². The summed E-state index contributed by atoms with van der Waals surface area (Å²) in [5, 5.41) is 0. The minimum Gasteiger partial charge on any atom is -0.342 e. The Morgan fingerprint density at radius 1 is 1.75 bits per heavy atom. The number of carbonyl (C=O) groups is 1. The maximum Gasteiger partial charge on any atom is 0.224 e. The summed E-state index contributed by atoms with van der Waals surface area (Å²) in [4.78, 5) is 12.4. The van der Waals surface area contributed by atoms with Crippen LogP contribution in [0.4, 0.5) is 0 Å². The van der Waals surface area contributed by atoms with Crippen LogP contribution in [0.3, 0.4) is 0 Å². The van der Waals surface area contributed by atoms with E-state index in [9.17, 15) is 4.79 Å². The van der Waals surface area contributed by atoms with Crippen LogP contribution in [-0.2, 0) is 4.79 Å². The normalized spacial score (nSPS) is 18.6. The lowest BCUT2D eigenvalue weighted by Gasteiger charge is -2.29. The van der Waals surface area contributed by atoms with E-state index in [-0.39, 0.29) is 0 Å². The lowest BCUT2D eigenvalue weighted by molar-refractivity contribution is -0.139. The standard InChI is InChI=1S/C6H11NO/c1-2-4-7-5-3-6(7)8/h2-5H2,1H3. The van der Waals surface area contributed by atoms with Crippen molar-refractivity contribution in [2.45, 2.75) is 19.8 Å². The zero-order chi connectivity index (χ0) is 5.98. The molecule has 1 saturated heterocycles. The van der Waals surface area contributed by atoms with Gasteiger partial charge in [-0.25, -0.2) is 0 Å². The van der Waals surface area contributed by atoms with Crippen molar-refractivity contribution in [3.8, 4) is 0 Å². The first-order chi connectivity index (χ1) is 3.84. The van der Waals surface area contributed by atoms with Gasteiger partial charge in [0, 0.05) is 19.5 Å². The van der Waals surface area contributed by atoms with Crippen LogP contribution in [0.15, 0.2) is 0 Å². The first-order valence-electron chi connectivity index (χ1n) is 3.12. The Balaban J connectivity index is 2.17. The maximum atomic E-state index is 10.5. The van der Waals surface area contributed by atoms with Crippen LogP contribution in [0, 0.1) is 0 Å². The largest absolute Gasteiger partial charge is 0.342 e. The van der Waals surface area contributed by atoms with Gasteiger partial charge in [0.2, 0.25) is 5.91 Å². The fraction of sp³-hybridized carbons (Fsp3) is 0.833. The molecular weight excluding hydrogens is 102 g/mol. The van der Waals surface area contributed by atoms with Crippen molar-refractivity contribution in [3.63, 3.8) is 0 Å². The Morgan fingerprint density at radius 2 is 2.50 bits per heavy atom. The van der Waals surface area contributed by atoms with E-state index in [0.29, 0.717) is 5.91 Å².